The lowest BCUT2D eigenvalue weighted by molar-refractivity contribution is 0.137. The molecule has 0 spiro atoms. The Balaban J connectivity index is 2.58. The maximum Gasteiger partial charge on any atom is 0.0804 e. The summed E-state index contributed by atoms with van der Waals surface area (Å²) in [5.41, 5.74) is 0. The highest BCUT2D eigenvalue weighted by atomic mass is 35.5. The topological polar surface area (TPSA) is 20.2 Å². The van der Waals surface area contributed by atoms with Crippen LogP contribution in [0.25, 0.3) is 0 Å². The number of aliphatic hydroxyl groups excluding tert-OH is 1. The van der Waals surface area contributed by atoms with Crippen molar-refractivity contribution in [1.29, 1.82) is 0 Å². The van der Waals surface area contributed by atoms with Gasteiger partial charge in [0, 0.05) is 5.92 Å². The number of halogens is 1. The summed E-state index contributed by atoms with van der Waals surface area (Å²) in [6, 6.07) is 0. The van der Waals surface area contributed by atoms with Gasteiger partial charge in [-0.3, -0.25) is 0 Å². The first-order valence-electron chi connectivity index (χ1n) is 4.52. The van der Waals surface area contributed by atoms with Gasteiger partial charge in [0.25, 0.3) is 0 Å². The van der Waals surface area contributed by atoms with Gasteiger partial charge in [0.15, 0.2) is 0 Å². The average Bonchev–Trinajstić information content (AvgIpc) is 2.43. The molecule has 3 atom stereocenters. The monoisotopic (exact) mass is 198 g/mol. The van der Waals surface area contributed by atoms with E-state index in [4.69, 9.17) is 11.6 Å². The summed E-state index contributed by atoms with van der Waals surface area (Å²) in [5.74, 6) is 0.124. The first-order valence-corrected chi connectivity index (χ1v) is 4.95. The minimum absolute atomic E-state index is 0.124. The fourth-order valence-electron chi connectivity index (χ4n) is 1.39. The van der Waals surface area contributed by atoms with E-state index in [1.165, 1.54) is 0 Å². The molecule has 0 radical (unpaired) electrons. The lowest BCUT2D eigenvalue weighted by Crippen LogP contribution is -2.26. The van der Waals surface area contributed by atoms with Gasteiger partial charge in [-0.25, -0.2) is 0 Å². The Kier molecular flexibility index (Phi) is 4.26. The van der Waals surface area contributed by atoms with Crippen molar-refractivity contribution in [3.05, 3.63) is 37.0 Å². The van der Waals surface area contributed by atoms with Crippen molar-refractivity contribution < 1.29 is 5.11 Å². The van der Waals surface area contributed by atoms with E-state index in [0.29, 0.717) is 0 Å². The van der Waals surface area contributed by atoms with E-state index in [2.05, 4.69) is 24.8 Å². The molecular formula is C11H15ClO. The number of alkyl halides is 1. The van der Waals surface area contributed by atoms with Crippen LogP contribution in [0.5, 0.6) is 0 Å². The molecule has 0 unspecified atom stereocenters. The van der Waals surface area contributed by atoms with Crippen molar-refractivity contribution >= 4 is 11.6 Å². The summed E-state index contributed by atoms with van der Waals surface area (Å²) in [7, 11) is 0. The minimum Gasteiger partial charge on any atom is -0.391 e. The summed E-state index contributed by atoms with van der Waals surface area (Å²) < 4.78 is 0. The smallest absolute Gasteiger partial charge is 0.0804 e. The van der Waals surface area contributed by atoms with Crippen LogP contribution < -0.4 is 0 Å². The van der Waals surface area contributed by atoms with Crippen molar-refractivity contribution in [3.63, 3.8) is 0 Å². The van der Waals surface area contributed by atoms with Gasteiger partial charge in [-0.05, 0) is 12.8 Å². The predicted molar refractivity (Wildman–Crippen MR) is 56.8 cm³/mol. The summed E-state index contributed by atoms with van der Waals surface area (Å²) in [6.07, 6.45) is 11.1. The van der Waals surface area contributed by atoms with Crippen molar-refractivity contribution in [2.45, 2.75) is 24.3 Å². The van der Waals surface area contributed by atoms with E-state index in [1.807, 2.05) is 6.08 Å². The fraction of sp³-hybridized carbons (Fsp3) is 0.455. The highest BCUT2D eigenvalue weighted by Gasteiger charge is 2.21. The molecule has 72 valence electrons. The number of aliphatic hydroxyl groups is 1. The van der Waals surface area contributed by atoms with Gasteiger partial charge in [0.1, 0.15) is 0 Å². The predicted octanol–water partition coefficient (Wildman–Crippen LogP) is 2.66. The second-order valence-corrected chi connectivity index (χ2v) is 3.71. The van der Waals surface area contributed by atoms with Crippen molar-refractivity contribution in [2.24, 2.45) is 5.92 Å². The third-order valence-corrected chi connectivity index (χ3v) is 2.66. The highest BCUT2D eigenvalue weighted by Crippen LogP contribution is 2.21. The van der Waals surface area contributed by atoms with E-state index in [1.54, 1.807) is 6.08 Å². The molecule has 0 aliphatic heterocycles. The zero-order valence-electron chi connectivity index (χ0n) is 7.57. The van der Waals surface area contributed by atoms with Crippen LogP contribution in [0.4, 0.5) is 0 Å². The Bertz CT molecular complexity index is 220. The van der Waals surface area contributed by atoms with Gasteiger partial charge in [-0.15, -0.1) is 18.2 Å². The van der Waals surface area contributed by atoms with E-state index in [-0.39, 0.29) is 11.3 Å². The third-order valence-electron chi connectivity index (χ3n) is 2.22. The Hall–Kier alpha value is -0.530. The molecule has 0 saturated carbocycles. The minimum atomic E-state index is -0.529. The van der Waals surface area contributed by atoms with Crippen LogP contribution in [0.3, 0.4) is 0 Å². The van der Waals surface area contributed by atoms with Crippen LogP contribution in [0.2, 0.25) is 0 Å². The first-order chi connectivity index (χ1) is 6.25. The lowest BCUT2D eigenvalue weighted by atomic mass is 9.96. The largest absolute Gasteiger partial charge is 0.391 e. The van der Waals surface area contributed by atoms with Gasteiger partial charge in [-0.1, -0.05) is 30.4 Å². The number of allylic oxidation sites excluding steroid dienone is 3. The standard InChI is InChI=1S/C11H15ClO/c1-2-10(12)11(13)9-7-5-3-4-6-8-9/h2-3,5-6,8-11,13H,1,4,7H2/t9-,10-,11-/m0/s1. The van der Waals surface area contributed by atoms with Crippen molar-refractivity contribution in [2.75, 3.05) is 0 Å². The molecule has 1 N–H and O–H groups in total. The van der Waals surface area contributed by atoms with Gasteiger partial charge in [-0.2, -0.15) is 0 Å². The lowest BCUT2D eigenvalue weighted by Gasteiger charge is -2.20. The molecule has 1 nitrogen and oxygen atoms in total. The van der Waals surface area contributed by atoms with Gasteiger partial charge >= 0.3 is 0 Å². The molecule has 0 aromatic carbocycles. The van der Waals surface area contributed by atoms with Crippen LogP contribution in [0.1, 0.15) is 12.8 Å². The maximum absolute atomic E-state index is 9.78. The Morgan fingerprint density at radius 3 is 2.92 bits per heavy atom. The molecule has 1 aliphatic rings. The summed E-state index contributed by atoms with van der Waals surface area (Å²) >= 11 is 5.88. The second kappa shape index (κ2) is 5.25. The van der Waals surface area contributed by atoms with Crippen molar-refractivity contribution in [3.8, 4) is 0 Å². The van der Waals surface area contributed by atoms with Crippen molar-refractivity contribution in [1.82, 2.24) is 0 Å². The van der Waals surface area contributed by atoms with Crippen LogP contribution in [0.15, 0.2) is 37.0 Å². The Morgan fingerprint density at radius 2 is 2.23 bits per heavy atom. The average molecular weight is 199 g/mol. The molecule has 0 aromatic rings. The van der Waals surface area contributed by atoms with E-state index in [9.17, 15) is 5.11 Å². The molecule has 0 heterocycles. The zero-order valence-corrected chi connectivity index (χ0v) is 8.32. The fourth-order valence-corrected chi connectivity index (χ4v) is 1.58. The summed E-state index contributed by atoms with van der Waals surface area (Å²) in [5, 5.41) is 9.42. The van der Waals surface area contributed by atoms with Gasteiger partial charge < -0.3 is 5.11 Å². The molecule has 0 saturated heterocycles. The number of rotatable bonds is 3. The number of hydrogen-bond acceptors (Lipinski definition) is 1. The van der Waals surface area contributed by atoms with Crippen LogP contribution in [-0.4, -0.2) is 16.6 Å². The summed E-state index contributed by atoms with van der Waals surface area (Å²) in [4.78, 5) is 0. The van der Waals surface area contributed by atoms with E-state index >= 15 is 0 Å². The molecule has 0 bridgehead atoms. The zero-order chi connectivity index (χ0) is 9.68. The normalized spacial score (nSPS) is 26.5. The molecule has 0 fully saturated rings. The highest BCUT2D eigenvalue weighted by molar-refractivity contribution is 6.22. The van der Waals surface area contributed by atoms with Crippen LogP contribution in [0, 0.1) is 5.92 Å². The molecule has 0 amide bonds. The summed E-state index contributed by atoms with van der Waals surface area (Å²) in [6.45, 7) is 3.57. The third kappa shape index (κ3) is 3.02. The SMILES string of the molecule is C=C[C@H](Cl)[C@@H](O)[C@@H]1C=CCC=CC1. The van der Waals surface area contributed by atoms with Gasteiger partial charge in [0.05, 0.1) is 11.5 Å². The second-order valence-electron chi connectivity index (χ2n) is 3.21. The number of hydrogen-bond donors (Lipinski definition) is 1. The van der Waals surface area contributed by atoms with E-state index in [0.717, 1.165) is 12.8 Å². The van der Waals surface area contributed by atoms with Gasteiger partial charge in [0.2, 0.25) is 0 Å². The molecule has 1 aliphatic carbocycles. The van der Waals surface area contributed by atoms with Crippen LogP contribution in [-0.2, 0) is 0 Å². The Morgan fingerprint density at radius 1 is 1.46 bits per heavy atom. The van der Waals surface area contributed by atoms with E-state index < -0.39 is 6.10 Å². The molecule has 1 rings (SSSR count). The Labute approximate surface area is 84.4 Å². The molecular weight excluding hydrogens is 184 g/mol. The first kappa shape index (κ1) is 10.6. The maximum atomic E-state index is 9.78. The quantitative estimate of drug-likeness (QED) is 0.546. The molecule has 2 heteroatoms. The molecule has 13 heavy (non-hydrogen) atoms. The molecule has 0 aromatic heterocycles. The van der Waals surface area contributed by atoms with Crippen LogP contribution >= 0.6 is 11.6 Å².